The maximum absolute atomic E-state index is 14.6. The van der Waals surface area contributed by atoms with Crippen LogP contribution in [-0.4, -0.2) is 113 Å². The molecule has 18 nitrogen and oxygen atoms in total. The van der Waals surface area contributed by atoms with Crippen LogP contribution in [-0.2, 0) is 71.0 Å². The Morgan fingerprint density at radius 2 is 0.773 bits per heavy atom. The third kappa shape index (κ3) is 25.3. The zero-order valence-electron chi connectivity index (χ0n) is 65.6. The molecule has 2 aliphatic carbocycles. The van der Waals surface area contributed by atoms with E-state index in [1.54, 1.807) is 36.9 Å². The number of hydrogen-bond acceptors (Lipinski definition) is 12. The van der Waals surface area contributed by atoms with Crippen LogP contribution < -0.4 is 20.1 Å². The minimum atomic E-state index is -0.650. The molecule has 0 spiro atoms. The predicted molar refractivity (Wildman–Crippen MR) is 423 cm³/mol. The van der Waals surface area contributed by atoms with Crippen LogP contribution in [0.5, 0.6) is 11.5 Å². The normalized spacial score (nSPS) is 17.3. The largest absolute Gasteiger partial charge is 0.489 e. The van der Waals surface area contributed by atoms with Gasteiger partial charge in [-0.25, -0.2) is 28.3 Å². The van der Waals surface area contributed by atoms with E-state index in [9.17, 15) is 28.0 Å². The molecule has 4 heterocycles. The smallest absolute Gasteiger partial charge is 0.407 e. The van der Waals surface area contributed by atoms with Gasteiger partial charge in [-0.1, -0.05) is 148 Å². The van der Waals surface area contributed by atoms with Gasteiger partial charge in [0.05, 0.1) is 0 Å². The topological polar surface area (TPSA) is 197 Å². The van der Waals surface area contributed by atoms with Gasteiger partial charge in [-0.05, 0) is 249 Å². The number of hydrogen-bond donors (Lipinski definition) is 2. The van der Waals surface area contributed by atoms with E-state index in [1.807, 2.05) is 173 Å². The Morgan fingerprint density at radius 1 is 0.436 bits per heavy atom. The second-order valence-electron chi connectivity index (χ2n) is 33.4. The number of nitrogens with zero attached hydrogens (tertiary/aromatic N) is 8. The van der Waals surface area contributed by atoms with Crippen molar-refractivity contribution in [2.24, 2.45) is 34.5 Å². The zero-order valence-corrected chi connectivity index (χ0v) is 65.6. The van der Waals surface area contributed by atoms with Gasteiger partial charge in [-0.2, -0.15) is 10.2 Å². The van der Waals surface area contributed by atoms with Gasteiger partial charge in [0, 0.05) is 63.2 Å². The summed E-state index contributed by atoms with van der Waals surface area (Å²) in [5, 5.41) is 15.2. The molecule has 0 bridgehead atoms. The molecule has 2 N–H and O–H groups in total. The first-order chi connectivity index (χ1) is 53.1. The van der Waals surface area contributed by atoms with Crippen molar-refractivity contribution in [3.05, 3.63) is 228 Å². The van der Waals surface area contributed by atoms with Crippen LogP contribution in [0.15, 0.2) is 183 Å². The number of nitrogens with one attached hydrogen (secondary N) is 2. The molecule has 12 rings (SSSR count). The summed E-state index contributed by atoms with van der Waals surface area (Å²) in [6.45, 7) is 16.5. The van der Waals surface area contributed by atoms with Gasteiger partial charge < -0.3 is 39.4 Å². The molecule has 0 radical (unpaired) electrons. The monoisotopic (exact) mass is 1500 g/mol. The highest BCUT2D eigenvalue weighted by molar-refractivity contribution is 5.80. The van der Waals surface area contributed by atoms with Gasteiger partial charge in [0.2, 0.25) is 11.8 Å². The Labute approximate surface area is 650 Å². The first-order valence-corrected chi connectivity index (χ1v) is 40.3. The van der Waals surface area contributed by atoms with Crippen LogP contribution in [0.4, 0.5) is 18.4 Å². The van der Waals surface area contributed by atoms with Crippen molar-refractivity contribution in [3.8, 4) is 11.5 Å². The van der Waals surface area contributed by atoms with Crippen molar-refractivity contribution in [1.29, 1.82) is 0 Å². The van der Waals surface area contributed by atoms with Gasteiger partial charge >= 0.3 is 12.2 Å². The molecular weight excluding hydrogens is 1390 g/mol. The van der Waals surface area contributed by atoms with E-state index < -0.39 is 23.4 Å². The van der Waals surface area contributed by atoms with Gasteiger partial charge in [-0.3, -0.25) is 19.0 Å². The second-order valence-corrected chi connectivity index (χ2v) is 33.4. The predicted octanol–water partition coefficient (Wildman–Crippen LogP) is 17.9. The van der Waals surface area contributed by atoms with E-state index in [2.05, 4.69) is 40.6 Å². The number of amides is 4. The number of carbonyl (C=O) groups excluding carboxylic acids is 4. The molecule has 2 saturated heterocycles. The van der Waals surface area contributed by atoms with Crippen LogP contribution in [0, 0.1) is 46.1 Å². The number of piperidine rings is 2. The minimum absolute atomic E-state index is 0.0852. The number of halogens is 2. The van der Waals surface area contributed by atoms with Crippen LogP contribution in [0.3, 0.4) is 0 Å². The quantitative estimate of drug-likeness (QED) is 0.0433. The van der Waals surface area contributed by atoms with Gasteiger partial charge in [0.15, 0.2) is 0 Å². The van der Waals surface area contributed by atoms with Crippen molar-refractivity contribution >= 4 is 24.0 Å². The van der Waals surface area contributed by atoms with Crippen LogP contribution >= 0.6 is 0 Å². The lowest BCUT2D eigenvalue weighted by Gasteiger charge is -2.48. The molecule has 6 aromatic carbocycles. The molecule has 0 unspecified atom stereocenters. The van der Waals surface area contributed by atoms with E-state index in [0.29, 0.717) is 103 Å². The number of ether oxygens (including phenoxy) is 4. The SMILES string of the molecule is CC(C)(C)OC(=O)N[C@@H](CC[C@H](Cc1ccc(F)cc1)C(=O)N1CCC(Cn2cncn2)(C2CCCCC2)CC1)Cc1ccc(OCc2ccccc2)cc1.CC(C)(C)OC(=O)N[C@@H](CC[C@H](Cc1ccc(F)cc1)C(=O)N1CCC(Cn2cncn2)(C2CCCCC2)CC1)Cc1ccc(OCc2ccccc2)cc1. The minimum Gasteiger partial charge on any atom is -0.489 e. The van der Waals surface area contributed by atoms with Crippen molar-refractivity contribution in [1.82, 2.24) is 50.0 Å². The fourth-order valence-corrected chi connectivity index (χ4v) is 17.1. The first-order valence-electron chi connectivity index (χ1n) is 40.3. The fraction of sp³-hybridized carbons (Fsp3) is 0.511. The van der Waals surface area contributed by atoms with E-state index in [0.717, 1.165) is 83.7 Å². The number of aromatic nitrogens is 6. The summed E-state index contributed by atoms with van der Waals surface area (Å²) >= 11 is 0. The molecule has 20 heteroatoms. The number of alkyl carbamates (subject to hydrolysis) is 2. The molecule has 8 aromatic rings. The van der Waals surface area contributed by atoms with E-state index in [4.69, 9.17) is 18.9 Å². The Kier molecular flexibility index (Phi) is 29.2. The summed E-state index contributed by atoms with van der Waals surface area (Å²) in [6.07, 6.45) is 26.5. The molecule has 4 amide bonds. The van der Waals surface area contributed by atoms with Crippen molar-refractivity contribution in [2.45, 2.75) is 232 Å². The van der Waals surface area contributed by atoms with Crippen molar-refractivity contribution in [2.75, 3.05) is 26.2 Å². The number of carbonyl (C=O) groups is 4. The number of rotatable bonds is 30. The Bertz CT molecular complexity index is 3790. The van der Waals surface area contributed by atoms with Gasteiger partial charge in [0.1, 0.15) is 72.9 Å². The molecule has 110 heavy (non-hydrogen) atoms. The molecule has 2 aliphatic heterocycles. The standard InChI is InChI=1S/2C45H58FN5O4/c2*1-44(2,3)55-43(53)49-40(29-35-16-22-41(23-17-35)54-30-36-10-6-4-7-11-36)21-18-37(28-34-14-19-39(46)20-15-34)42(52)50-26-24-45(25-27-50,31-51-33-47-32-48-51)38-12-8-5-9-13-38/h2*4,6-7,10-11,14-17,19-20,22-23,32-33,37-38,40H,5,8-9,12-13,18,21,24-31H2,1-3H3,(H,49,53)/t2*37-,40+/m11/s1. The molecule has 4 aliphatic rings. The first kappa shape index (κ1) is 81.5. The maximum atomic E-state index is 14.6. The summed E-state index contributed by atoms with van der Waals surface area (Å²) in [4.78, 5) is 67.9. The molecule has 4 atom stereocenters. The third-order valence-electron chi connectivity index (χ3n) is 22.9. The Morgan fingerprint density at radius 3 is 1.10 bits per heavy atom. The summed E-state index contributed by atoms with van der Waals surface area (Å²) < 4.78 is 55.2. The summed E-state index contributed by atoms with van der Waals surface area (Å²) in [5.74, 6) is 1.74. The third-order valence-corrected chi connectivity index (χ3v) is 22.9. The van der Waals surface area contributed by atoms with Crippen molar-refractivity contribution < 1.29 is 46.9 Å². The molecule has 2 aromatic heterocycles. The highest BCUT2D eigenvalue weighted by Gasteiger charge is 2.46. The average molecular weight is 1500 g/mol. The molecular formula is C90H116F2N10O8. The van der Waals surface area contributed by atoms with Gasteiger partial charge in [-0.15, -0.1) is 0 Å². The van der Waals surface area contributed by atoms with Crippen LogP contribution in [0.1, 0.15) is 190 Å². The summed E-state index contributed by atoms with van der Waals surface area (Å²) in [6, 6.07) is 48.4. The van der Waals surface area contributed by atoms with Crippen molar-refractivity contribution in [3.63, 3.8) is 0 Å². The van der Waals surface area contributed by atoms with E-state index >= 15 is 0 Å². The van der Waals surface area contributed by atoms with Crippen LogP contribution in [0.2, 0.25) is 0 Å². The molecule has 588 valence electrons. The van der Waals surface area contributed by atoms with E-state index in [1.165, 1.54) is 88.5 Å². The number of likely N-dealkylation sites (tertiary alicyclic amines) is 2. The highest BCUT2D eigenvalue weighted by atomic mass is 19.1. The number of benzene rings is 6. The lowest BCUT2D eigenvalue weighted by atomic mass is 9.63. The summed E-state index contributed by atoms with van der Waals surface area (Å²) in [5.41, 5.74) is 4.98. The lowest BCUT2D eigenvalue weighted by molar-refractivity contribution is -0.140. The maximum Gasteiger partial charge on any atom is 0.407 e. The Balaban J connectivity index is 0.000000218. The zero-order chi connectivity index (χ0) is 77.4. The van der Waals surface area contributed by atoms with E-state index in [-0.39, 0.29) is 58.2 Å². The summed E-state index contributed by atoms with van der Waals surface area (Å²) in [7, 11) is 0. The molecule has 2 saturated carbocycles. The Hall–Kier alpha value is -9.46. The van der Waals surface area contributed by atoms with Gasteiger partial charge in [0.25, 0.3) is 0 Å². The lowest BCUT2D eigenvalue weighted by Crippen LogP contribution is -2.50. The van der Waals surface area contributed by atoms with Crippen LogP contribution in [0.25, 0.3) is 0 Å². The second kappa shape index (κ2) is 39.4. The highest BCUT2D eigenvalue weighted by Crippen LogP contribution is 2.49. The molecule has 4 fully saturated rings. The average Bonchev–Trinajstić information content (AvgIpc) is 1.11. The fourth-order valence-electron chi connectivity index (χ4n) is 17.1.